The highest BCUT2D eigenvalue weighted by molar-refractivity contribution is 6.03. The normalized spacial score (nSPS) is 14.1. The van der Waals surface area contributed by atoms with Gasteiger partial charge in [0.25, 0.3) is 5.91 Å². The fourth-order valence-electron chi connectivity index (χ4n) is 4.16. The van der Waals surface area contributed by atoms with Crippen molar-refractivity contribution in [2.75, 3.05) is 36.4 Å². The zero-order valence-electron chi connectivity index (χ0n) is 19.5. The van der Waals surface area contributed by atoms with Gasteiger partial charge in [0.15, 0.2) is 0 Å². The number of nitrogens with zero attached hydrogens (tertiary/aromatic N) is 6. The lowest BCUT2D eigenvalue weighted by Gasteiger charge is -2.36. The number of nitrogens with one attached hydrogen (secondary N) is 1. The Morgan fingerprint density at radius 1 is 0.973 bits per heavy atom. The summed E-state index contributed by atoms with van der Waals surface area (Å²) in [6, 6.07) is 11.9. The summed E-state index contributed by atoms with van der Waals surface area (Å²) in [6.07, 6.45) is 0.537. The predicted octanol–water partition coefficient (Wildman–Crippen LogP) is 3.45. The number of hydrogen-bond donors (Lipinski definition) is 1. The average molecular weight is 509 g/mol. The molecule has 1 aliphatic rings. The van der Waals surface area contributed by atoms with E-state index in [0.29, 0.717) is 29.7 Å². The van der Waals surface area contributed by atoms with Gasteiger partial charge in [0, 0.05) is 61.5 Å². The summed E-state index contributed by atoms with van der Waals surface area (Å²) in [7, 11) is 0. The third-order valence-electron chi connectivity index (χ3n) is 6.04. The van der Waals surface area contributed by atoms with Crippen molar-refractivity contribution < 1.29 is 22.8 Å². The van der Waals surface area contributed by atoms with E-state index in [2.05, 4.69) is 25.3 Å². The number of fused-ring (bicyclic) bond motifs is 1. The van der Waals surface area contributed by atoms with Gasteiger partial charge in [-0.1, -0.05) is 6.07 Å². The van der Waals surface area contributed by atoms with Crippen LogP contribution in [0.15, 0.2) is 67.1 Å². The van der Waals surface area contributed by atoms with Crippen molar-refractivity contribution in [3.05, 3.63) is 78.5 Å². The molecule has 4 heterocycles. The molecule has 5 rings (SSSR count). The van der Waals surface area contributed by atoms with Crippen molar-refractivity contribution in [3.8, 4) is 0 Å². The van der Waals surface area contributed by atoms with Crippen LogP contribution in [0.25, 0.3) is 10.9 Å². The molecule has 0 spiro atoms. The molecule has 0 unspecified atom stereocenters. The van der Waals surface area contributed by atoms with E-state index < -0.39 is 17.8 Å². The van der Waals surface area contributed by atoms with Gasteiger partial charge >= 0.3 is 6.18 Å². The molecule has 0 radical (unpaired) electrons. The lowest BCUT2D eigenvalue weighted by atomic mass is 10.2. The van der Waals surface area contributed by atoms with Gasteiger partial charge in [0.2, 0.25) is 5.91 Å². The van der Waals surface area contributed by atoms with Gasteiger partial charge in [0.05, 0.1) is 5.52 Å². The fourth-order valence-corrected chi connectivity index (χ4v) is 4.16. The van der Waals surface area contributed by atoms with Gasteiger partial charge in [-0.25, -0.2) is 4.98 Å². The van der Waals surface area contributed by atoms with Gasteiger partial charge in [-0.3, -0.25) is 19.3 Å². The maximum atomic E-state index is 12.9. The third kappa shape index (κ3) is 5.52. The van der Waals surface area contributed by atoms with Crippen molar-refractivity contribution in [2.45, 2.75) is 12.7 Å². The van der Waals surface area contributed by atoms with Crippen LogP contribution in [0.3, 0.4) is 0 Å². The van der Waals surface area contributed by atoms with Crippen LogP contribution in [-0.2, 0) is 17.5 Å². The molecule has 0 bridgehead atoms. The Labute approximate surface area is 209 Å². The second kappa shape index (κ2) is 9.88. The minimum Gasteiger partial charge on any atom is -0.368 e. The number of benzene rings is 1. The Hall–Kier alpha value is -4.48. The first-order valence-corrected chi connectivity index (χ1v) is 11.5. The third-order valence-corrected chi connectivity index (χ3v) is 6.04. The first kappa shape index (κ1) is 24.2. The summed E-state index contributed by atoms with van der Waals surface area (Å²) >= 11 is 0. The minimum absolute atomic E-state index is 0.0497. The lowest BCUT2D eigenvalue weighted by Crippen LogP contribution is -2.49. The van der Waals surface area contributed by atoms with Crippen molar-refractivity contribution in [2.24, 2.45) is 0 Å². The van der Waals surface area contributed by atoms with E-state index in [1.807, 2.05) is 12.1 Å². The van der Waals surface area contributed by atoms with E-state index in [-0.39, 0.29) is 18.1 Å². The lowest BCUT2D eigenvalue weighted by molar-refractivity contribution is -0.141. The average Bonchev–Trinajstić information content (AvgIpc) is 3.30. The van der Waals surface area contributed by atoms with Crippen molar-refractivity contribution >= 4 is 34.1 Å². The highest BCUT2D eigenvalue weighted by Crippen LogP contribution is 2.27. The Bertz CT molecular complexity index is 1430. The topological polar surface area (TPSA) is 96.2 Å². The number of amides is 2. The van der Waals surface area contributed by atoms with Crippen LogP contribution in [0, 0.1) is 0 Å². The number of carbonyl (C=O) groups is 2. The van der Waals surface area contributed by atoms with E-state index >= 15 is 0 Å². The number of aromatic nitrogens is 4. The van der Waals surface area contributed by atoms with Crippen LogP contribution < -0.4 is 10.2 Å². The smallest absolute Gasteiger partial charge is 0.368 e. The molecule has 1 N–H and O–H groups in total. The summed E-state index contributed by atoms with van der Waals surface area (Å²) in [5.41, 5.74) is 0.577. The maximum Gasteiger partial charge on any atom is 0.433 e. The summed E-state index contributed by atoms with van der Waals surface area (Å²) in [4.78, 5) is 36.7. The summed E-state index contributed by atoms with van der Waals surface area (Å²) < 4.78 is 40.2. The SMILES string of the molecule is O=C(Nc1ccc2nn(CC(=O)N3CCN(c4ccncc4)CC3)cc2c1)c1cccc(C(F)(F)F)n1. The van der Waals surface area contributed by atoms with Crippen molar-refractivity contribution in [1.82, 2.24) is 24.6 Å². The molecule has 0 saturated carbocycles. The summed E-state index contributed by atoms with van der Waals surface area (Å²) in [5, 5.41) is 7.66. The highest BCUT2D eigenvalue weighted by atomic mass is 19.4. The second-order valence-electron chi connectivity index (χ2n) is 8.53. The first-order chi connectivity index (χ1) is 17.8. The van der Waals surface area contributed by atoms with Gasteiger partial charge in [-0.05, 0) is 42.5 Å². The first-order valence-electron chi connectivity index (χ1n) is 11.5. The molecular formula is C25H22F3N7O2. The minimum atomic E-state index is -4.64. The number of halogens is 3. The molecule has 1 saturated heterocycles. The molecule has 190 valence electrons. The maximum absolute atomic E-state index is 12.9. The molecule has 9 nitrogen and oxygen atoms in total. The Morgan fingerprint density at radius 3 is 2.46 bits per heavy atom. The summed E-state index contributed by atoms with van der Waals surface area (Å²) in [6.45, 7) is 2.71. The molecule has 37 heavy (non-hydrogen) atoms. The monoisotopic (exact) mass is 509 g/mol. The number of pyridine rings is 2. The number of rotatable bonds is 5. The molecular weight excluding hydrogens is 487 g/mol. The number of hydrogen-bond acceptors (Lipinski definition) is 6. The number of piperazine rings is 1. The van der Waals surface area contributed by atoms with E-state index in [0.717, 1.165) is 30.9 Å². The van der Waals surface area contributed by atoms with Gasteiger partial charge in [-0.2, -0.15) is 18.3 Å². The van der Waals surface area contributed by atoms with Gasteiger partial charge in [0.1, 0.15) is 17.9 Å². The Kier molecular flexibility index (Phi) is 6.47. The van der Waals surface area contributed by atoms with Crippen molar-refractivity contribution in [1.29, 1.82) is 0 Å². The Morgan fingerprint density at radius 2 is 1.73 bits per heavy atom. The molecule has 1 fully saturated rings. The number of alkyl halides is 3. The van der Waals surface area contributed by atoms with Gasteiger partial charge in [-0.15, -0.1) is 0 Å². The van der Waals surface area contributed by atoms with Gasteiger partial charge < -0.3 is 15.1 Å². The zero-order valence-corrected chi connectivity index (χ0v) is 19.5. The van der Waals surface area contributed by atoms with Crippen LogP contribution >= 0.6 is 0 Å². The predicted molar refractivity (Wildman–Crippen MR) is 130 cm³/mol. The molecule has 1 aliphatic heterocycles. The molecule has 12 heteroatoms. The fraction of sp³-hybridized carbons (Fsp3) is 0.240. The van der Waals surface area contributed by atoms with Crippen LogP contribution in [0.2, 0.25) is 0 Å². The molecule has 3 aromatic heterocycles. The summed E-state index contributed by atoms with van der Waals surface area (Å²) in [5.74, 6) is -0.815. The molecule has 1 aromatic carbocycles. The largest absolute Gasteiger partial charge is 0.433 e. The van der Waals surface area contributed by atoms with E-state index in [1.54, 1.807) is 46.4 Å². The van der Waals surface area contributed by atoms with Crippen LogP contribution in [-0.4, -0.2) is 62.6 Å². The van der Waals surface area contributed by atoms with Crippen LogP contribution in [0.5, 0.6) is 0 Å². The molecule has 4 aromatic rings. The molecule has 2 amide bonds. The van der Waals surface area contributed by atoms with E-state index in [9.17, 15) is 22.8 Å². The molecule has 0 aliphatic carbocycles. The van der Waals surface area contributed by atoms with E-state index in [1.165, 1.54) is 6.07 Å². The zero-order chi connectivity index (χ0) is 26.0. The quantitative estimate of drug-likeness (QED) is 0.443. The highest BCUT2D eigenvalue weighted by Gasteiger charge is 2.33. The van der Waals surface area contributed by atoms with Crippen LogP contribution in [0.4, 0.5) is 24.5 Å². The molecule has 0 atom stereocenters. The van der Waals surface area contributed by atoms with Crippen molar-refractivity contribution in [3.63, 3.8) is 0 Å². The number of carbonyl (C=O) groups excluding carboxylic acids is 2. The second-order valence-corrected chi connectivity index (χ2v) is 8.53. The number of anilines is 2. The van der Waals surface area contributed by atoms with Crippen LogP contribution in [0.1, 0.15) is 16.2 Å². The standard InChI is InChI=1S/C25H22F3N7O2/c26-25(27,28)22-3-1-2-21(31-22)24(37)30-18-4-5-20-17(14-18)15-35(32-20)16-23(36)34-12-10-33(11-13-34)19-6-8-29-9-7-19/h1-9,14-15H,10-13,16H2,(H,30,37). The Balaban J connectivity index is 1.21. The van der Waals surface area contributed by atoms with E-state index in [4.69, 9.17) is 0 Å².